The van der Waals surface area contributed by atoms with E-state index in [4.69, 9.17) is 11.6 Å². The van der Waals surface area contributed by atoms with Gasteiger partial charge < -0.3 is 4.57 Å². The first-order valence-corrected chi connectivity index (χ1v) is 12.6. The van der Waals surface area contributed by atoms with E-state index in [0.717, 1.165) is 47.8 Å². The third-order valence-electron chi connectivity index (χ3n) is 6.01. The zero-order valence-corrected chi connectivity index (χ0v) is 19.3. The number of pyridine rings is 1. The number of halogens is 3. The number of sulfonamides is 1. The highest BCUT2D eigenvalue weighted by molar-refractivity contribution is 7.89. The minimum Gasteiger partial charge on any atom is -0.335 e. The number of rotatable bonds is 8. The Hall–Kier alpha value is -2.54. The van der Waals surface area contributed by atoms with E-state index in [9.17, 15) is 22.5 Å². The minimum absolute atomic E-state index is 0.143. The van der Waals surface area contributed by atoms with Crippen LogP contribution in [-0.4, -0.2) is 37.4 Å². The Morgan fingerprint density at radius 1 is 1.21 bits per heavy atom. The van der Waals surface area contributed by atoms with Gasteiger partial charge in [-0.25, -0.2) is 21.9 Å². The lowest BCUT2D eigenvalue weighted by Gasteiger charge is -2.19. The van der Waals surface area contributed by atoms with Crippen LogP contribution in [0.25, 0.3) is 22.3 Å². The van der Waals surface area contributed by atoms with E-state index in [2.05, 4.69) is 15.6 Å². The van der Waals surface area contributed by atoms with Crippen molar-refractivity contribution < 1.29 is 17.2 Å². The summed E-state index contributed by atoms with van der Waals surface area (Å²) in [7, 11) is -4.13. The van der Waals surface area contributed by atoms with Crippen molar-refractivity contribution in [3.8, 4) is 17.5 Å². The first-order valence-electron chi connectivity index (χ1n) is 10.7. The molecular weight excluding hydrogens is 470 g/mol. The Kier molecular flexibility index (Phi) is 6.98. The lowest BCUT2D eigenvalue weighted by atomic mass is 10.1. The van der Waals surface area contributed by atoms with Crippen LogP contribution < -0.4 is 4.72 Å². The number of alkyl halides is 2. The molecule has 1 aromatic carbocycles. The van der Waals surface area contributed by atoms with E-state index in [0.29, 0.717) is 10.7 Å². The van der Waals surface area contributed by atoms with Gasteiger partial charge in [-0.3, -0.25) is 4.98 Å². The van der Waals surface area contributed by atoms with Crippen molar-refractivity contribution in [2.24, 2.45) is 0 Å². The Labute approximate surface area is 196 Å². The summed E-state index contributed by atoms with van der Waals surface area (Å²) in [5.41, 5.74) is 2.89. The number of nitrogens with one attached hydrogen (secondary N) is 1. The maximum absolute atomic E-state index is 12.8. The van der Waals surface area contributed by atoms with Gasteiger partial charge in [0.1, 0.15) is 18.2 Å². The molecule has 1 N–H and O–H groups in total. The van der Waals surface area contributed by atoms with Crippen molar-refractivity contribution in [1.82, 2.24) is 14.3 Å². The van der Waals surface area contributed by atoms with Gasteiger partial charge >= 0.3 is 0 Å². The number of nitrogens with zero attached hydrogens (tertiary/aromatic N) is 3. The first-order chi connectivity index (χ1) is 15.9. The molecule has 0 aliphatic heterocycles. The van der Waals surface area contributed by atoms with Crippen LogP contribution in [0.1, 0.15) is 37.3 Å². The van der Waals surface area contributed by atoms with E-state index in [1.807, 2.05) is 22.9 Å². The third-order valence-corrected chi connectivity index (χ3v) is 7.82. The zero-order chi connectivity index (χ0) is 23.6. The number of para-hydroxylation sites is 1. The monoisotopic (exact) mass is 492 g/mol. The molecule has 10 heteroatoms. The molecule has 4 rings (SSSR count). The maximum Gasteiger partial charge on any atom is 0.242 e. The van der Waals surface area contributed by atoms with Crippen LogP contribution in [0, 0.1) is 11.3 Å². The molecule has 2 aromatic heterocycles. The van der Waals surface area contributed by atoms with E-state index in [-0.39, 0.29) is 17.4 Å². The Morgan fingerprint density at radius 2 is 1.94 bits per heavy atom. The lowest BCUT2D eigenvalue weighted by molar-refractivity contribution is 0.334. The maximum atomic E-state index is 12.8. The quantitative estimate of drug-likeness (QED) is 0.472. The number of aromatic nitrogens is 2. The molecule has 0 bridgehead atoms. The van der Waals surface area contributed by atoms with Crippen LogP contribution in [0.2, 0.25) is 5.02 Å². The molecule has 0 atom stereocenters. The van der Waals surface area contributed by atoms with E-state index in [1.54, 1.807) is 6.07 Å². The number of benzene rings is 1. The summed E-state index contributed by atoms with van der Waals surface area (Å²) in [6.45, 7) is -2.30. The van der Waals surface area contributed by atoms with Crippen molar-refractivity contribution in [1.29, 1.82) is 5.26 Å². The molecular formula is C23H23ClF2N4O2S. The fourth-order valence-corrected chi connectivity index (χ4v) is 5.93. The minimum atomic E-state index is -4.13. The molecule has 3 aromatic rings. The molecule has 0 spiro atoms. The predicted molar refractivity (Wildman–Crippen MR) is 123 cm³/mol. The smallest absolute Gasteiger partial charge is 0.242 e. The van der Waals surface area contributed by atoms with Gasteiger partial charge in [0.2, 0.25) is 10.0 Å². The Bertz CT molecular complexity index is 1290. The highest BCUT2D eigenvalue weighted by Gasteiger charge is 2.28. The van der Waals surface area contributed by atoms with Crippen molar-refractivity contribution in [2.75, 3.05) is 13.3 Å². The summed E-state index contributed by atoms with van der Waals surface area (Å²) < 4.78 is 54.7. The van der Waals surface area contributed by atoms with Gasteiger partial charge in [0, 0.05) is 23.2 Å². The summed E-state index contributed by atoms with van der Waals surface area (Å²) in [6.07, 6.45) is 5.42. The van der Waals surface area contributed by atoms with Crippen LogP contribution in [0.15, 0.2) is 41.4 Å². The van der Waals surface area contributed by atoms with Crippen molar-refractivity contribution in [2.45, 2.75) is 49.1 Å². The van der Waals surface area contributed by atoms with Gasteiger partial charge in [-0.1, -0.05) is 36.6 Å². The lowest BCUT2D eigenvalue weighted by Crippen LogP contribution is -2.37. The average molecular weight is 493 g/mol. The van der Waals surface area contributed by atoms with Gasteiger partial charge in [-0.2, -0.15) is 5.26 Å². The van der Waals surface area contributed by atoms with Gasteiger partial charge in [0.05, 0.1) is 40.5 Å². The fourth-order valence-electron chi connectivity index (χ4n) is 4.52. The molecule has 6 nitrogen and oxygen atoms in total. The highest BCUT2D eigenvalue weighted by Crippen LogP contribution is 2.43. The van der Waals surface area contributed by atoms with Gasteiger partial charge in [-0.15, -0.1) is 0 Å². The summed E-state index contributed by atoms with van der Waals surface area (Å²) in [6, 6.07) is 9.47. The number of fused-ring (bicyclic) bond motifs is 1. The van der Waals surface area contributed by atoms with Crippen LogP contribution in [0.3, 0.4) is 0 Å². The molecule has 1 aliphatic rings. The number of hydrogen-bond acceptors (Lipinski definition) is 4. The van der Waals surface area contributed by atoms with Crippen molar-refractivity contribution in [3.05, 3.63) is 47.1 Å². The second-order valence-corrected chi connectivity index (χ2v) is 10.2. The first kappa shape index (κ1) is 23.6. The summed E-state index contributed by atoms with van der Waals surface area (Å²) in [5.74, 6) is 0. The Balaban J connectivity index is 1.86. The molecule has 2 heterocycles. The van der Waals surface area contributed by atoms with E-state index < -0.39 is 29.4 Å². The van der Waals surface area contributed by atoms with Crippen molar-refractivity contribution >= 4 is 32.5 Å². The zero-order valence-electron chi connectivity index (χ0n) is 17.8. The number of nitriles is 1. The molecule has 1 aliphatic carbocycles. The molecule has 0 amide bonds. The van der Waals surface area contributed by atoms with Crippen LogP contribution in [-0.2, 0) is 16.4 Å². The fraction of sp³-hybridized carbons (Fsp3) is 0.391. The van der Waals surface area contributed by atoms with Gasteiger partial charge in [-0.05, 0) is 31.0 Å². The largest absolute Gasteiger partial charge is 0.335 e. The van der Waals surface area contributed by atoms with E-state index >= 15 is 0 Å². The number of hydrogen-bond donors (Lipinski definition) is 1. The van der Waals surface area contributed by atoms with Crippen molar-refractivity contribution in [3.63, 3.8) is 0 Å². The highest BCUT2D eigenvalue weighted by atomic mass is 35.5. The van der Waals surface area contributed by atoms with Crippen LogP contribution >= 0.6 is 11.6 Å². The predicted octanol–water partition coefficient (Wildman–Crippen LogP) is 5.12. The van der Waals surface area contributed by atoms with Gasteiger partial charge in [0.15, 0.2) is 0 Å². The second-order valence-electron chi connectivity index (χ2n) is 8.11. The molecule has 1 fully saturated rings. The van der Waals surface area contributed by atoms with E-state index in [1.165, 1.54) is 12.3 Å². The third kappa shape index (κ3) is 4.47. The SMILES string of the molecule is N#CCc1c(-c2ccc(S(=O)(=O)NC(CF)CF)cn2)n(C2CCCC2)c2c(Cl)cccc12. The van der Waals surface area contributed by atoms with Crippen LogP contribution in [0.5, 0.6) is 0 Å². The normalized spacial score (nSPS) is 14.9. The molecule has 174 valence electrons. The average Bonchev–Trinajstić information content (AvgIpc) is 3.45. The molecule has 0 saturated heterocycles. The molecule has 1 saturated carbocycles. The summed E-state index contributed by atoms with van der Waals surface area (Å²) in [5, 5.41) is 11.0. The second kappa shape index (κ2) is 9.75. The standard InChI is InChI=1S/C23H23ClF2N4O2S/c24-20-7-3-6-18-19(10-11-27)23(30(22(18)20)16-4-1-2-5-16)21-9-8-17(14-28-21)33(31,32)29-15(12-25)13-26/h3,6-9,14-16,29H,1-2,4-5,10,12-13H2. The van der Waals surface area contributed by atoms with Gasteiger partial charge in [0.25, 0.3) is 0 Å². The topological polar surface area (TPSA) is 87.8 Å². The molecule has 0 unspecified atom stereocenters. The molecule has 0 radical (unpaired) electrons. The van der Waals surface area contributed by atoms with Crippen LogP contribution in [0.4, 0.5) is 8.78 Å². The summed E-state index contributed by atoms with van der Waals surface area (Å²) in [4.78, 5) is 4.20. The summed E-state index contributed by atoms with van der Waals surface area (Å²) >= 11 is 6.60. The molecule has 33 heavy (non-hydrogen) atoms. The Morgan fingerprint density at radius 3 is 2.55 bits per heavy atom.